The van der Waals surface area contributed by atoms with Gasteiger partial charge >= 0.3 is 5.97 Å². The summed E-state index contributed by atoms with van der Waals surface area (Å²) in [5.74, 6) is 0.377. The number of carbonyl (C=O) groups is 2. The van der Waals surface area contributed by atoms with E-state index in [9.17, 15) is 9.59 Å². The average Bonchev–Trinajstić information content (AvgIpc) is 3.22. The van der Waals surface area contributed by atoms with Crippen LogP contribution in [0.25, 0.3) is 6.08 Å². The number of hydrogen-bond donors (Lipinski definition) is 0. The van der Waals surface area contributed by atoms with Crippen molar-refractivity contribution in [2.75, 3.05) is 26.4 Å². The van der Waals surface area contributed by atoms with Crippen LogP contribution in [0.5, 0.6) is 11.5 Å². The van der Waals surface area contributed by atoms with Gasteiger partial charge in [0.25, 0.3) is 5.91 Å². The maximum atomic E-state index is 13.6. The number of amidine groups is 1. The van der Waals surface area contributed by atoms with Gasteiger partial charge in [-0.15, -0.1) is 0 Å². The molecule has 1 fully saturated rings. The first-order valence-corrected chi connectivity index (χ1v) is 13.7. The molecule has 0 unspecified atom stereocenters. The van der Waals surface area contributed by atoms with E-state index in [-0.39, 0.29) is 19.1 Å². The van der Waals surface area contributed by atoms with Crippen molar-refractivity contribution in [3.8, 4) is 11.5 Å². The molecular weight excluding hydrogens is 512 g/mol. The van der Waals surface area contributed by atoms with E-state index in [1.54, 1.807) is 24.0 Å². The molecule has 1 aliphatic heterocycles. The Bertz CT molecular complexity index is 1350. The molecule has 0 bridgehead atoms. The molecule has 1 heterocycles. The van der Waals surface area contributed by atoms with Gasteiger partial charge in [0.2, 0.25) is 0 Å². The Hall–Kier alpha value is -4.04. The Labute approximate surface area is 233 Å². The number of nitrogens with zero attached hydrogens (tertiary/aromatic N) is 2. The molecule has 202 valence electrons. The lowest BCUT2D eigenvalue weighted by molar-refractivity contribution is -0.145. The van der Waals surface area contributed by atoms with E-state index < -0.39 is 5.97 Å². The molecule has 3 aromatic carbocycles. The topological polar surface area (TPSA) is 77.4 Å². The standard InChI is InChI=1S/C31H32N2O5S/c1-4-36-27-19-24(13-16-26(27)38-21-29(34)37-5-2)20-28-30(35)33(18-17-23-9-7-6-8-10-23)31(39-28)32-25-14-11-22(3)12-15-25/h6-16,19-20H,4-5,17-18,21H2,1-3H3/b28-20+,32-31?. The van der Waals surface area contributed by atoms with Crippen LogP contribution in [0.1, 0.15) is 30.5 Å². The number of hydrogen-bond acceptors (Lipinski definition) is 7. The quantitative estimate of drug-likeness (QED) is 0.212. The first kappa shape index (κ1) is 28.0. The lowest BCUT2D eigenvalue weighted by Gasteiger charge is -2.15. The van der Waals surface area contributed by atoms with Crippen LogP contribution in [0.3, 0.4) is 0 Å². The summed E-state index contributed by atoms with van der Waals surface area (Å²) in [5.41, 5.74) is 3.87. The van der Waals surface area contributed by atoms with Crippen LogP contribution in [0.15, 0.2) is 82.7 Å². The molecule has 8 heteroatoms. The number of aliphatic imine (C=N–C) groups is 1. The van der Waals surface area contributed by atoms with Crippen LogP contribution in [0.2, 0.25) is 0 Å². The highest BCUT2D eigenvalue weighted by Gasteiger charge is 2.33. The molecular formula is C31H32N2O5S. The second-order valence-electron chi connectivity index (χ2n) is 8.77. The van der Waals surface area contributed by atoms with E-state index in [1.165, 1.54) is 11.8 Å². The van der Waals surface area contributed by atoms with Gasteiger partial charge in [0.15, 0.2) is 23.3 Å². The summed E-state index contributed by atoms with van der Waals surface area (Å²) in [5, 5.41) is 0.644. The molecule has 1 amide bonds. The molecule has 0 aromatic heterocycles. The van der Waals surface area contributed by atoms with Gasteiger partial charge in [-0.3, -0.25) is 9.69 Å². The fourth-order valence-electron chi connectivity index (χ4n) is 3.90. The van der Waals surface area contributed by atoms with E-state index in [0.29, 0.717) is 41.1 Å². The zero-order valence-electron chi connectivity index (χ0n) is 22.4. The number of benzene rings is 3. The smallest absolute Gasteiger partial charge is 0.344 e. The maximum absolute atomic E-state index is 13.6. The van der Waals surface area contributed by atoms with E-state index in [0.717, 1.165) is 22.4 Å². The van der Waals surface area contributed by atoms with Crippen molar-refractivity contribution in [3.63, 3.8) is 0 Å². The van der Waals surface area contributed by atoms with Gasteiger partial charge in [-0.1, -0.05) is 54.1 Å². The van der Waals surface area contributed by atoms with Crippen molar-refractivity contribution in [1.82, 2.24) is 4.90 Å². The van der Waals surface area contributed by atoms with Crippen LogP contribution in [0, 0.1) is 6.92 Å². The Kier molecular flexibility index (Phi) is 9.80. The lowest BCUT2D eigenvalue weighted by atomic mass is 10.1. The third kappa shape index (κ3) is 7.74. The highest BCUT2D eigenvalue weighted by atomic mass is 32.2. The molecule has 4 rings (SSSR count). The second-order valence-corrected chi connectivity index (χ2v) is 9.77. The van der Waals surface area contributed by atoms with E-state index in [1.807, 2.05) is 68.5 Å². The first-order chi connectivity index (χ1) is 19.0. The number of amides is 1. The molecule has 0 N–H and O–H groups in total. The second kappa shape index (κ2) is 13.7. The molecule has 0 atom stereocenters. The predicted molar refractivity (Wildman–Crippen MR) is 155 cm³/mol. The van der Waals surface area contributed by atoms with Crippen LogP contribution in [0.4, 0.5) is 5.69 Å². The minimum atomic E-state index is -0.449. The summed E-state index contributed by atoms with van der Waals surface area (Å²) in [6.07, 6.45) is 2.55. The SMILES string of the molecule is CCOC(=O)COc1ccc(/C=C2/SC(=Nc3ccc(C)cc3)N(CCc3ccccc3)C2=O)cc1OCC. The van der Waals surface area contributed by atoms with Gasteiger partial charge in [0.1, 0.15) is 0 Å². The van der Waals surface area contributed by atoms with E-state index >= 15 is 0 Å². The van der Waals surface area contributed by atoms with Crippen LogP contribution in [-0.2, 0) is 20.7 Å². The third-order valence-electron chi connectivity index (χ3n) is 5.83. The Morgan fingerprint density at radius 1 is 0.949 bits per heavy atom. The first-order valence-electron chi connectivity index (χ1n) is 12.9. The monoisotopic (exact) mass is 544 g/mol. The number of carbonyl (C=O) groups excluding carboxylic acids is 2. The molecule has 0 saturated carbocycles. The fourth-order valence-corrected chi connectivity index (χ4v) is 4.92. The molecule has 0 radical (unpaired) electrons. The zero-order chi connectivity index (χ0) is 27.6. The highest BCUT2D eigenvalue weighted by Crippen LogP contribution is 2.36. The van der Waals surface area contributed by atoms with Crippen molar-refractivity contribution in [1.29, 1.82) is 0 Å². The molecule has 1 aliphatic rings. The summed E-state index contributed by atoms with van der Waals surface area (Å²) in [6.45, 7) is 6.66. The fraction of sp³-hybridized carbons (Fsp3) is 0.258. The van der Waals surface area contributed by atoms with Gasteiger partial charge in [0.05, 0.1) is 23.8 Å². The van der Waals surface area contributed by atoms with Gasteiger partial charge in [0, 0.05) is 6.54 Å². The summed E-state index contributed by atoms with van der Waals surface area (Å²) in [7, 11) is 0. The summed E-state index contributed by atoms with van der Waals surface area (Å²) < 4.78 is 16.3. The number of esters is 1. The van der Waals surface area contributed by atoms with Crippen molar-refractivity contribution in [3.05, 3.63) is 94.4 Å². The number of aryl methyl sites for hydroxylation is 1. The number of rotatable bonds is 11. The van der Waals surface area contributed by atoms with Crippen LogP contribution in [-0.4, -0.2) is 48.3 Å². The molecule has 1 saturated heterocycles. The zero-order valence-corrected chi connectivity index (χ0v) is 23.2. The van der Waals surface area contributed by atoms with Crippen LogP contribution < -0.4 is 9.47 Å². The largest absolute Gasteiger partial charge is 0.490 e. The maximum Gasteiger partial charge on any atom is 0.344 e. The Morgan fingerprint density at radius 3 is 2.44 bits per heavy atom. The lowest BCUT2D eigenvalue weighted by Crippen LogP contribution is -2.31. The number of ether oxygens (including phenoxy) is 3. The van der Waals surface area contributed by atoms with Gasteiger partial charge in [-0.2, -0.15) is 0 Å². The molecule has 7 nitrogen and oxygen atoms in total. The summed E-state index contributed by atoms with van der Waals surface area (Å²) in [4.78, 5) is 32.4. The minimum absolute atomic E-state index is 0.0950. The average molecular weight is 545 g/mol. The van der Waals surface area contributed by atoms with Gasteiger partial charge in [-0.25, -0.2) is 9.79 Å². The predicted octanol–water partition coefficient (Wildman–Crippen LogP) is 6.18. The van der Waals surface area contributed by atoms with Crippen molar-refractivity contribution >= 4 is 40.6 Å². The minimum Gasteiger partial charge on any atom is -0.490 e. The van der Waals surface area contributed by atoms with Gasteiger partial charge in [-0.05, 0) is 80.4 Å². The van der Waals surface area contributed by atoms with E-state index in [2.05, 4.69) is 12.1 Å². The third-order valence-corrected chi connectivity index (χ3v) is 6.84. The van der Waals surface area contributed by atoms with Crippen LogP contribution >= 0.6 is 11.8 Å². The van der Waals surface area contributed by atoms with Crippen molar-refractivity contribution < 1.29 is 23.8 Å². The van der Waals surface area contributed by atoms with Gasteiger partial charge < -0.3 is 14.2 Å². The summed E-state index contributed by atoms with van der Waals surface area (Å²) in [6, 6.07) is 23.4. The highest BCUT2D eigenvalue weighted by molar-refractivity contribution is 8.18. The summed E-state index contributed by atoms with van der Waals surface area (Å²) >= 11 is 1.35. The normalized spacial score (nSPS) is 15.2. The Morgan fingerprint density at radius 2 is 1.72 bits per heavy atom. The van der Waals surface area contributed by atoms with Crippen molar-refractivity contribution in [2.24, 2.45) is 4.99 Å². The molecule has 0 aliphatic carbocycles. The number of thioether (sulfide) groups is 1. The van der Waals surface area contributed by atoms with E-state index in [4.69, 9.17) is 19.2 Å². The molecule has 3 aromatic rings. The Balaban J connectivity index is 1.59. The molecule has 0 spiro atoms. The molecule has 39 heavy (non-hydrogen) atoms. The van der Waals surface area contributed by atoms with Crippen molar-refractivity contribution in [2.45, 2.75) is 27.2 Å².